The zero-order chi connectivity index (χ0) is 13.4. The highest BCUT2D eigenvalue weighted by molar-refractivity contribution is 5.97. The van der Waals surface area contributed by atoms with E-state index in [9.17, 15) is 9.18 Å². The van der Waals surface area contributed by atoms with Crippen LogP contribution in [0, 0.1) is 5.82 Å². The molecule has 0 aromatic heterocycles. The summed E-state index contributed by atoms with van der Waals surface area (Å²) in [6, 6.07) is 5.61. The lowest BCUT2D eigenvalue weighted by Crippen LogP contribution is -2.24. The first-order chi connectivity index (χ1) is 8.65. The summed E-state index contributed by atoms with van der Waals surface area (Å²) < 4.78 is 17.5. The van der Waals surface area contributed by atoms with Gasteiger partial charge in [-0.15, -0.1) is 0 Å². The molecule has 0 amide bonds. The second kappa shape index (κ2) is 7.23. The predicted molar refractivity (Wildman–Crippen MR) is 63.6 cm³/mol. The molecule has 0 spiro atoms. The largest absolute Gasteiger partial charge is 0.466 e. The van der Waals surface area contributed by atoms with Crippen molar-refractivity contribution in [1.29, 1.82) is 0 Å². The number of benzene rings is 1. The molecule has 0 aliphatic carbocycles. The van der Waals surface area contributed by atoms with E-state index in [1.807, 2.05) is 0 Å². The summed E-state index contributed by atoms with van der Waals surface area (Å²) in [4.78, 5) is 11.1. The number of carbonyl (C=O) groups excluding carboxylic acids is 1. The molecule has 0 bridgehead atoms. The molecule has 7 heteroatoms. The molecule has 0 aliphatic heterocycles. The fourth-order valence-corrected chi connectivity index (χ4v) is 1.14. The molecule has 1 aromatic carbocycles. The zero-order valence-corrected chi connectivity index (χ0v) is 9.81. The Morgan fingerprint density at radius 3 is 2.94 bits per heavy atom. The van der Waals surface area contributed by atoms with Crippen LogP contribution >= 0.6 is 0 Å². The van der Waals surface area contributed by atoms with E-state index < -0.39 is 11.8 Å². The number of nitrogens with zero attached hydrogens (tertiary/aromatic N) is 1. The van der Waals surface area contributed by atoms with E-state index in [4.69, 9.17) is 5.21 Å². The zero-order valence-electron chi connectivity index (χ0n) is 9.81. The molecule has 0 fully saturated rings. The number of ether oxygens (including phenoxy) is 1. The van der Waals surface area contributed by atoms with Gasteiger partial charge in [-0.1, -0.05) is 6.07 Å². The predicted octanol–water partition coefficient (Wildman–Crippen LogP) is 1.48. The minimum Gasteiger partial charge on any atom is -0.466 e. The number of amidine groups is 1. The van der Waals surface area contributed by atoms with Crippen LogP contribution in [-0.4, -0.2) is 23.6 Å². The summed E-state index contributed by atoms with van der Waals surface area (Å²) in [6.07, 6.45) is -0.216. The maximum Gasteiger partial charge on any atom is 0.313 e. The highest BCUT2D eigenvalue weighted by Gasteiger charge is 2.07. The fourth-order valence-electron chi connectivity index (χ4n) is 1.14. The Balaban J connectivity index is 2.60. The molecule has 0 aliphatic rings. The number of rotatable bonds is 5. The molecule has 0 saturated heterocycles. The first-order valence-electron chi connectivity index (χ1n) is 5.29. The highest BCUT2D eigenvalue weighted by atomic mass is 19.1. The van der Waals surface area contributed by atoms with Gasteiger partial charge >= 0.3 is 5.97 Å². The van der Waals surface area contributed by atoms with Gasteiger partial charge in [0.1, 0.15) is 12.2 Å². The second-order valence-electron chi connectivity index (χ2n) is 3.27. The van der Waals surface area contributed by atoms with Gasteiger partial charge < -0.3 is 4.74 Å². The van der Waals surface area contributed by atoms with E-state index in [-0.39, 0.29) is 18.9 Å². The van der Waals surface area contributed by atoms with Crippen LogP contribution in [0.1, 0.15) is 13.3 Å². The molecule has 0 unspecified atom stereocenters. The quantitative estimate of drug-likeness (QED) is 0.321. The van der Waals surface area contributed by atoms with Crippen LogP contribution in [0.2, 0.25) is 0 Å². The van der Waals surface area contributed by atoms with E-state index in [0.29, 0.717) is 5.69 Å². The Bertz CT molecular complexity index is 437. The molecule has 18 heavy (non-hydrogen) atoms. The first-order valence-corrected chi connectivity index (χ1v) is 5.29. The summed E-state index contributed by atoms with van der Waals surface area (Å²) in [5.41, 5.74) is 4.67. The van der Waals surface area contributed by atoms with Crippen LogP contribution in [0.3, 0.4) is 0 Å². The number of hydrogen-bond donors (Lipinski definition) is 3. The van der Waals surface area contributed by atoms with Crippen LogP contribution in [0.4, 0.5) is 10.1 Å². The third kappa shape index (κ3) is 4.79. The lowest BCUT2D eigenvalue weighted by molar-refractivity contribution is -0.141. The third-order valence-corrected chi connectivity index (χ3v) is 1.89. The molecule has 0 atom stereocenters. The molecule has 98 valence electrons. The second-order valence-corrected chi connectivity index (χ2v) is 3.27. The monoisotopic (exact) mass is 255 g/mol. The van der Waals surface area contributed by atoms with Gasteiger partial charge in [-0.3, -0.25) is 20.9 Å². The Morgan fingerprint density at radius 1 is 1.56 bits per heavy atom. The van der Waals surface area contributed by atoms with Gasteiger partial charge in [-0.05, 0) is 25.1 Å². The van der Waals surface area contributed by atoms with Crippen LogP contribution in [0.15, 0.2) is 29.4 Å². The van der Waals surface area contributed by atoms with Crippen LogP contribution in [0.5, 0.6) is 0 Å². The normalized spacial score (nSPS) is 10.9. The van der Waals surface area contributed by atoms with E-state index >= 15 is 0 Å². The average molecular weight is 255 g/mol. The molecular formula is C11H14FN3O3. The fraction of sp³-hybridized carbons (Fsp3) is 0.273. The summed E-state index contributed by atoms with van der Waals surface area (Å²) in [5, 5.41) is 12.5. The van der Waals surface area contributed by atoms with Crippen LogP contribution in [-0.2, 0) is 9.53 Å². The lowest BCUT2D eigenvalue weighted by Gasteiger charge is -2.06. The number of nitrogens with one attached hydrogen (secondary N) is 2. The van der Waals surface area contributed by atoms with Crippen molar-refractivity contribution in [3.05, 3.63) is 30.1 Å². The van der Waals surface area contributed by atoms with Gasteiger partial charge in [-0.25, -0.2) is 4.39 Å². The van der Waals surface area contributed by atoms with Gasteiger partial charge in [0.2, 0.25) is 0 Å². The SMILES string of the molecule is CCOC(=O)CC(=NNc1cccc(F)c1)NO. The van der Waals surface area contributed by atoms with Crippen molar-refractivity contribution in [3.8, 4) is 0 Å². The van der Waals surface area contributed by atoms with Crippen molar-refractivity contribution in [1.82, 2.24) is 5.48 Å². The molecular weight excluding hydrogens is 241 g/mol. The van der Waals surface area contributed by atoms with E-state index in [0.717, 1.165) is 0 Å². The number of hydrazone groups is 1. The van der Waals surface area contributed by atoms with E-state index in [1.54, 1.807) is 18.5 Å². The smallest absolute Gasteiger partial charge is 0.313 e. The Labute approximate surface area is 103 Å². The number of anilines is 1. The number of hydrogen-bond acceptors (Lipinski definition) is 5. The van der Waals surface area contributed by atoms with E-state index in [1.165, 1.54) is 18.2 Å². The van der Waals surface area contributed by atoms with Crippen LogP contribution < -0.4 is 10.9 Å². The maximum absolute atomic E-state index is 12.9. The molecule has 0 radical (unpaired) electrons. The van der Waals surface area contributed by atoms with Crippen LogP contribution in [0.25, 0.3) is 0 Å². The van der Waals surface area contributed by atoms with Crippen molar-refractivity contribution >= 4 is 17.5 Å². The van der Waals surface area contributed by atoms with Crippen molar-refractivity contribution < 1.29 is 19.1 Å². The first kappa shape index (κ1) is 13.9. The molecule has 1 aromatic rings. The number of esters is 1. The third-order valence-electron chi connectivity index (χ3n) is 1.89. The average Bonchev–Trinajstić information content (AvgIpc) is 2.35. The molecule has 0 heterocycles. The Hall–Kier alpha value is -2.15. The summed E-state index contributed by atoms with van der Waals surface area (Å²) in [7, 11) is 0. The lowest BCUT2D eigenvalue weighted by atomic mass is 10.3. The topological polar surface area (TPSA) is 83.0 Å². The van der Waals surface area contributed by atoms with Crippen molar-refractivity contribution in [3.63, 3.8) is 0 Å². The standard InChI is InChI=1S/C11H14FN3O3/c1-2-18-11(16)7-10(15-17)14-13-9-5-3-4-8(12)6-9/h3-6,13,17H,2,7H2,1H3,(H,14,15). The van der Waals surface area contributed by atoms with Gasteiger partial charge in [0.15, 0.2) is 5.84 Å². The van der Waals surface area contributed by atoms with Gasteiger partial charge in [-0.2, -0.15) is 5.10 Å². The Morgan fingerprint density at radius 2 is 2.33 bits per heavy atom. The summed E-state index contributed by atoms with van der Waals surface area (Å²) in [5.74, 6) is -0.976. The maximum atomic E-state index is 12.9. The van der Waals surface area contributed by atoms with Crippen molar-refractivity contribution in [2.75, 3.05) is 12.0 Å². The van der Waals surface area contributed by atoms with E-state index in [2.05, 4.69) is 15.3 Å². The molecule has 0 saturated carbocycles. The number of hydroxylamine groups is 1. The molecule has 3 N–H and O–H groups in total. The summed E-state index contributed by atoms with van der Waals surface area (Å²) in [6.45, 7) is 1.92. The van der Waals surface area contributed by atoms with Gasteiger partial charge in [0, 0.05) is 0 Å². The molecule has 1 rings (SSSR count). The van der Waals surface area contributed by atoms with Gasteiger partial charge in [0.05, 0.1) is 12.3 Å². The number of halogens is 1. The van der Waals surface area contributed by atoms with Crippen molar-refractivity contribution in [2.45, 2.75) is 13.3 Å². The summed E-state index contributed by atoms with van der Waals surface area (Å²) >= 11 is 0. The molecule has 6 nitrogen and oxygen atoms in total. The van der Waals surface area contributed by atoms with Gasteiger partial charge in [0.25, 0.3) is 0 Å². The minimum atomic E-state index is -0.529. The number of carbonyl (C=O) groups is 1. The Kier molecular flexibility index (Phi) is 5.59. The van der Waals surface area contributed by atoms with Crippen molar-refractivity contribution in [2.24, 2.45) is 5.10 Å². The minimum absolute atomic E-state index is 0.0299. The highest BCUT2D eigenvalue weighted by Crippen LogP contribution is 2.08.